The SMILES string of the molecule is CC1(C)c2ccccc2N(c2c(N(c3ccc(-c4ccccc4)cc3)c3ccc4c5ccccc5c5ccccc5c4c3)ccc3ccccc23)c2cc(-c3cccc4ccccc34)ccc21. The molecule has 316 valence electrons. The van der Waals surface area contributed by atoms with Gasteiger partial charge in [-0.05, 0) is 124 Å². The Morgan fingerprint density at radius 1 is 0.328 bits per heavy atom. The van der Waals surface area contributed by atoms with E-state index in [4.69, 9.17) is 0 Å². The number of nitrogens with zero attached hydrogens (tertiary/aromatic N) is 2. The molecule has 0 N–H and O–H groups in total. The van der Waals surface area contributed by atoms with Crippen LogP contribution in [0.15, 0.2) is 243 Å². The van der Waals surface area contributed by atoms with Gasteiger partial charge in [-0.15, -0.1) is 0 Å². The third kappa shape index (κ3) is 6.18. The quantitative estimate of drug-likeness (QED) is 0.154. The van der Waals surface area contributed by atoms with E-state index < -0.39 is 0 Å². The lowest BCUT2D eigenvalue weighted by atomic mass is 9.73. The molecule has 67 heavy (non-hydrogen) atoms. The third-order valence-electron chi connectivity index (χ3n) is 14.4. The van der Waals surface area contributed by atoms with E-state index in [1.54, 1.807) is 0 Å². The molecule has 0 spiro atoms. The molecule has 0 amide bonds. The second kappa shape index (κ2) is 15.3. The molecule has 2 nitrogen and oxygen atoms in total. The minimum Gasteiger partial charge on any atom is -0.308 e. The van der Waals surface area contributed by atoms with Crippen molar-refractivity contribution >= 4 is 88.0 Å². The fourth-order valence-corrected chi connectivity index (χ4v) is 11.2. The summed E-state index contributed by atoms with van der Waals surface area (Å²) in [5, 5.41) is 12.4. The van der Waals surface area contributed by atoms with E-state index in [9.17, 15) is 0 Å². The maximum Gasteiger partial charge on any atom is 0.0781 e. The summed E-state index contributed by atoms with van der Waals surface area (Å²) in [6.07, 6.45) is 0. The Balaban J connectivity index is 1.12. The molecule has 0 saturated carbocycles. The molecule has 12 aromatic carbocycles. The van der Waals surface area contributed by atoms with Crippen LogP contribution in [0.2, 0.25) is 0 Å². The second-order valence-corrected chi connectivity index (χ2v) is 18.5. The van der Waals surface area contributed by atoms with E-state index in [2.05, 4.69) is 266 Å². The highest BCUT2D eigenvalue weighted by molar-refractivity contribution is 6.26. The lowest BCUT2D eigenvalue weighted by molar-refractivity contribution is 0.632. The van der Waals surface area contributed by atoms with Crippen molar-refractivity contribution in [2.45, 2.75) is 19.3 Å². The summed E-state index contributed by atoms with van der Waals surface area (Å²) in [6.45, 7) is 4.76. The average Bonchev–Trinajstić information content (AvgIpc) is 3.39. The Hall–Kier alpha value is -8.46. The van der Waals surface area contributed by atoms with Gasteiger partial charge < -0.3 is 9.80 Å². The number of benzene rings is 12. The molecule has 0 aromatic heterocycles. The Morgan fingerprint density at radius 3 is 1.58 bits per heavy atom. The predicted molar refractivity (Wildman–Crippen MR) is 286 cm³/mol. The smallest absolute Gasteiger partial charge is 0.0781 e. The zero-order chi connectivity index (χ0) is 44.6. The van der Waals surface area contributed by atoms with Crippen LogP contribution >= 0.6 is 0 Å². The lowest BCUT2D eigenvalue weighted by Gasteiger charge is -2.44. The van der Waals surface area contributed by atoms with Crippen LogP contribution in [0.3, 0.4) is 0 Å². The summed E-state index contributed by atoms with van der Waals surface area (Å²) < 4.78 is 0. The van der Waals surface area contributed by atoms with Crippen molar-refractivity contribution in [2.75, 3.05) is 9.80 Å². The zero-order valence-corrected chi connectivity index (χ0v) is 37.5. The molecule has 1 heterocycles. The first-order chi connectivity index (χ1) is 33.0. The molecule has 0 fully saturated rings. The van der Waals surface area contributed by atoms with Gasteiger partial charge in [0.25, 0.3) is 0 Å². The highest BCUT2D eigenvalue weighted by atomic mass is 15.2. The molecular weight excluding hydrogens is 809 g/mol. The second-order valence-electron chi connectivity index (χ2n) is 18.5. The molecule has 2 heteroatoms. The van der Waals surface area contributed by atoms with Gasteiger partial charge in [-0.25, -0.2) is 0 Å². The summed E-state index contributed by atoms with van der Waals surface area (Å²) in [4.78, 5) is 5.08. The maximum atomic E-state index is 2.58. The summed E-state index contributed by atoms with van der Waals surface area (Å²) in [6, 6.07) is 89.8. The molecule has 13 rings (SSSR count). The average molecular weight is 855 g/mol. The van der Waals surface area contributed by atoms with E-state index in [1.165, 1.54) is 98.6 Å². The third-order valence-corrected chi connectivity index (χ3v) is 14.4. The largest absolute Gasteiger partial charge is 0.308 e. The van der Waals surface area contributed by atoms with Crippen molar-refractivity contribution in [1.82, 2.24) is 0 Å². The Kier molecular flexibility index (Phi) is 8.91. The summed E-state index contributed by atoms with van der Waals surface area (Å²) in [7, 11) is 0. The van der Waals surface area contributed by atoms with E-state index in [0.717, 1.165) is 22.7 Å². The van der Waals surface area contributed by atoms with Gasteiger partial charge >= 0.3 is 0 Å². The van der Waals surface area contributed by atoms with Gasteiger partial charge in [-0.2, -0.15) is 0 Å². The number of hydrogen-bond donors (Lipinski definition) is 0. The first-order valence-electron chi connectivity index (χ1n) is 23.3. The number of fused-ring (bicyclic) bond motifs is 10. The highest BCUT2D eigenvalue weighted by Crippen LogP contribution is 2.57. The number of hydrogen-bond acceptors (Lipinski definition) is 2. The van der Waals surface area contributed by atoms with Crippen LogP contribution in [0.1, 0.15) is 25.0 Å². The van der Waals surface area contributed by atoms with Crippen molar-refractivity contribution in [3.63, 3.8) is 0 Å². The predicted octanol–water partition coefficient (Wildman–Crippen LogP) is 18.4. The minimum atomic E-state index is -0.264. The number of rotatable bonds is 6. The Morgan fingerprint density at radius 2 is 0.851 bits per heavy atom. The van der Waals surface area contributed by atoms with Crippen LogP contribution in [0.25, 0.3) is 76.1 Å². The van der Waals surface area contributed by atoms with Gasteiger partial charge in [0, 0.05) is 22.2 Å². The molecule has 0 bridgehead atoms. The van der Waals surface area contributed by atoms with E-state index in [-0.39, 0.29) is 5.41 Å². The summed E-state index contributed by atoms with van der Waals surface area (Å²) >= 11 is 0. The van der Waals surface area contributed by atoms with Crippen molar-refractivity contribution in [1.29, 1.82) is 0 Å². The standard InChI is InChI=1S/C65H46N2/c1-65(2)59-29-14-15-30-61(59)67(63-41-47(33-39-60(63)65)51-28-16-21-45-19-6-8-22-50(45)51)64-52-23-9-7-20-46(52)34-40-62(64)66(48-35-31-44(32-36-48)43-17-4-3-5-18-43)49-37-38-57-55-26-11-10-24-53(55)54-25-12-13-27-56(54)58(57)42-49/h3-42H,1-2H3. The normalized spacial score (nSPS) is 13.0. The number of para-hydroxylation sites is 1. The molecule has 0 radical (unpaired) electrons. The van der Waals surface area contributed by atoms with E-state index in [0.29, 0.717) is 0 Å². The topological polar surface area (TPSA) is 6.48 Å². The van der Waals surface area contributed by atoms with Crippen LogP contribution < -0.4 is 9.80 Å². The van der Waals surface area contributed by atoms with Gasteiger partial charge in [-0.3, -0.25) is 0 Å². The summed E-state index contributed by atoms with van der Waals surface area (Å²) in [5.74, 6) is 0. The Labute approximate surface area is 391 Å². The van der Waals surface area contributed by atoms with Gasteiger partial charge in [0.2, 0.25) is 0 Å². The van der Waals surface area contributed by atoms with Gasteiger partial charge in [0.1, 0.15) is 0 Å². The van der Waals surface area contributed by atoms with Crippen molar-refractivity contribution < 1.29 is 0 Å². The molecule has 0 atom stereocenters. The van der Waals surface area contributed by atoms with Gasteiger partial charge in [0.15, 0.2) is 0 Å². The van der Waals surface area contributed by atoms with Gasteiger partial charge in [0.05, 0.1) is 22.7 Å². The molecule has 0 unspecified atom stereocenters. The fraction of sp³-hybridized carbons (Fsp3) is 0.0462. The molecule has 0 saturated heterocycles. The molecule has 1 aliphatic heterocycles. The minimum absolute atomic E-state index is 0.264. The lowest BCUT2D eigenvalue weighted by Crippen LogP contribution is -2.31. The van der Waals surface area contributed by atoms with Crippen LogP contribution in [0.4, 0.5) is 34.1 Å². The first kappa shape index (κ1) is 39.0. The van der Waals surface area contributed by atoms with Crippen LogP contribution in [-0.4, -0.2) is 0 Å². The van der Waals surface area contributed by atoms with E-state index >= 15 is 0 Å². The molecule has 1 aliphatic rings. The first-order valence-corrected chi connectivity index (χ1v) is 23.3. The molecular formula is C65H46N2. The van der Waals surface area contributed by atoms with Crippen LogP contribution in [-0.2, 0) is 5.41 Å². The van der Waals surface area contributed by atoms with Gasteiger partial charge in [-0.1, -0.05) is 214 Å². The monoisotopic (exact) mass is 854 g/mol. The van der Waals surface area contributed by atoms with E-state index in [1.807, 2.05) is 0 Å². The number of anilines is 6. The molecule has 0 aliphatic carbocycles. The zero-order valence-electron chi connectivity index (χ0n) is 37.5. The van der Waals surface area contributed by atoms with Crippen LogP contribution in [0, 0.1) is 0 Å². The Bertz CT molecular complexity index is 3860. The maximum absolute atomic E-state index is 2.58. The highest BCUT2D eigenvalue weighted by Gasteiger charge is 2.39. The van der Waals surface area contributed by atoms with Crippen molar-refractivity contribution in [2.24, 2.45) is 0 Å². The fourth-order valence-electron chi connectivity index (χ4n) is 11.2. The van der Waals surface area contributed by atoms with Crippen molar-refractivity contribution in [3.05, 3.63) is 254 Å². The van der Waals surface area contributed by atoms with Crippen LogP contribution in [0.5, 0.6) is 0 Å². The summed E-state index contributed by atoms with van der Waals surface area (Å²) in [5.41, 5.74) is 13.9. The molecule has 12 aromatic rings. The van der Waals surface area contributed by atoms with Crippen molar-refractivity contribution in [3.8, 4) is 22.3 Å².